The van der Waals surface area contributed by atoms with Crippen molar-refractivity contribution in [1.82, 2.24) is 24.9 Å². The van der Waals surface area contributed by atoms with E-state index in [1.807, 2.05) is 36.1 Å². The van der Waals surface area contributed by atoms with Crippen LogP contribution in [0.25, 0.3) is 0 Å². The Labute approximate surface area is 176 Å². The molecular formula is C21H29N5O4. The van der Waals surface area contributed by atoms with Crippen molar-refractivity contribution in [2.24, 2.45) is 5.92 Å². The Kier molecular flexibility index (Phi) is 5.44. The van der Waals surface area contributed by atoms with Gasteiger partial charge in [0, 0.05) is 33.1 Å². The van der Waals surface area contributed by atoms with Crippen LogP contribution in [-0.4, -0.2) is 90.2 Å². The lowest BCUT2D eigenvalue weighted by Crippen LogP contribution is -2.51. The molecule has 1 aromatic rings. The van der Waals surface area contributed by atoms with Gasteiger partial charge in [-0.25, -0.2) is 9.59 Å². The van der Waals surface area contributed by atoms with Crippen molar-refractivity contribution in [3.63, 3.8) is 0 Å². The Hall–Kier alpha value is -2.97. The normalized spacial score (nSPS) is 26.2. The SMILES string of the molecule is Cc1cccc(OC[C@@H]2CCCN(C(=O)CN3C(=O)N[C@H]4[C@@H]3N(C)C(=O)N4C)C2)c1. The molecule has 162 valence electrons. The molecule has 9 heteroatoms. The summed E-state index contributed by atoms with van der Waals surface area (Å²) in [5, 5.41) is 2.80. The minimum absolute atomic E-state index is 0.0378. The van der Waals surface area contributed by atoms with Gasteiger partial charge in [0.15, 0.2) is 0 Å². The van der Waals surface area contributed by atoms with Crippen LogP contribution in [0.15, 0.2) is 24.3 Å². The maximum absolute atomic E-state index is 13.0. The summed E-state index contributed by atoms with van der Waals surface area (Å²) in [6, 6.07) is 7.45. The summed E-state index contributed by atoms with van der Waals surface area (Å²) >= 11 is 0. The number of benzene rings is 1. The average Bonchev–Trinajstić information content (AvgIpc) is 3.16. The van der Waals surface area contributed by atoms with Crippen molar-refractivity contribution >= 4 is 18.0 Å². The summed E-state index contributed by atoms with van der Waals surface area (Å²) in [6.07, 6.45) is 1.02. The Bertz CT molecular complexity index is 846. The number of hydrogen-bond donors (Lipinski definition) is 1. The zero-order valence-electron chi connectivity index (χ0n) is 17.7. The minimum Gasteiger partial charge on any atom is -0.493 e. The zero-order valence-corrected chi connectivity index (χ0v) is 17.7. The van der Waals surface area contributed by atoms with E-state index in [0.717, 1.165) is 24.2 Å². The van der Waals surface area contributed by atoms with Crippen LogP contribution >= 0.6 is 0 Å². The van der Waals surface area contributed by atoms with Gasteiger partial charge in [-0.1, -0.05) is 12.1 Å². The molecule has 3 fully saturated rings. The second kappa shape index (κ2) is 8.04. The van der Waals surface area contributed by atoms with Crippen molar-refractivity contribution in [2.75, 3.05) is 40.3 Å². The number of ether oxygens (including phenoxy) is 1. The first-order valence-electron chi connectivity index (χ1n) is 10.4. The number of likely N-dealkylation sites (N-methyl/N-ethyl adjacent to an activating group) is 2. The topological polar surface area (TPSA) is 85.4 Å². The van der Waals surface area contributed by atoms with E-state index in [4.69, 9.17) is 4.74 Å². The fraction of sp³-hybridized carbons (Fsp3) is 0.571. The van der Waals surface area contributed by atoms with Crippen molar-refractivity contribution in [3.8, 4) is 5.75 Å². The summed E-state index contributed by atoms with van der Waals surface area (Å²) in [4.78, 5) is 43.8. The number of hydrogen-bond acceptors (Lipinski definition) is 4. The Balaban J connectivity index is 1.34. The van der Waals surface area contributed by atoms with E-state index in [-0.39, 0.29) is 30.4 Å². The van der Waals surface area contributed by atoms with Gasteiger partial charge in [-0.3, -0.25) is 9.69 Å². The first kappa shape index (κ1) is 20.3. The maximum atomic E-state index is 13.0. The Morgan fingerprint density at radius 3 is 2.80 bits per heavy atom. The number of aryl methyl sites for hydroxylation is 1. The zero-order chi connectivity index (χ0) is 21.4. The number of carbonyl (C=O) groups is 3. The fourth-order valence-electron chi connectivity index (χ4n) is 4.53. The van der Waals surface area contributed by atoms with Crippen LogP contribution in [0.4, 0.5) is 9.59 Å². The third-order valence-corrected chi connectivity index (χ3v) is 6.20. The number of urea groups is 2. The number of likely N-dealkylation sites (tertiary alicyclic amines) is 1. The van der Waals surface area contributed by atoms with Gasteiger partial charge in [0.05, 0.1) is 6.61 Å². The van der Waals surface area contributed by atoms with Gasteiger partial charge in [-0.2, -0.15) is 0 Å². The van der Waals surface area contributed by atoms with Crippen LogP contribution in [0.5, 0.6) is 5.75 Å². The van der Waals surface area contributed by atoms with Gasteiger partial charge >= 0.3 is 12.1 Å². The Morgan fingerprint density at radius 1 is 1.23 bits per heavy atom. The molecule has 0 aromatic heterocycles. The predicted molar refractivity (Wildman–Crippen MR) is 110 cm³/mol. The number of amides is 5. The van der Waals surface area contributed by atoms with Crippen LogP contribution < -0.4 is 10.1 Å². The van der Waals surface area contributed by atoms with Gasteiger partial charge in [0.1, 0.15) is 24.6 Å². The molecule has 0 bridgehead atoms. The first-order valence-corrected chi connectivity index (χ1v) is 10.4. The number of rotatable bonds is 5. The number of nitrogens with one attached hydrogen (secondary N) is 1. The first-order chi connectivity index (χ1) is 14.3. The largest absolute Gasteiger partial charge is 0.493 e. The van der Waals surface area contributed by atoms with Gasteiger partial charge in [-0.15, -0.1) is 0 Å². The minimum atomic E-state index is -0.468. The van der Waals surface area contributed by atoms with Gasteiger partial charge in [0.25, 0.3) is 0 Å². The van der Waals surface area contributed by atoms with Crippen LogP contribution in [-0.2, 0) is 4.79 Å². The van der Waals surface area contributed by atoms with Crippen molar-refractivity contribution in [1.29, 1.82) is 0 Å². The van der Waals surface area contributed by atoms with E-state index < -0.39 is 12.3 Å². The molecule has 1 N–H and O–H groups in total. The van der Waals surface area contributed by atoms with Gasteiger partial charge in [-0.05, 0) is 37.5 Å². The summed E-state index contributed by atoms with van der Waals surface area (Å²) in [5.41, 5.74) is 1.15. The molecule has 30 heavy (non-hydrogen) atoms. The third-order valence-electron chi connectivity index (χ3n) is 6.20. The highest BCUT2D eigenvalue weighted by Gasteiger charge is 2.53. The van der Waals surface area contributed by atoms with Crippen LogP contribution in [0.2, 0.25) is 0 Å². The maximum Gasteiger partial charge on any atom is 0.323 e. The monoisotopic (exact) mass is 415 g/mol. The van der Waals surface area contributed by atoms with Crippen molar-refractivity contribution in [2.45, 2.75) is 32.1 Å². The summed E-state index contributed by atoms with van der Waals surface area (Å²) in [7, 11) is 3.30. The van der Waals surface area contributed by atoms with Crippen molar-refractivity contribution in [3.05, 3.63) is 29.8 Å². The standard InChI is InChI=1S/C21H29N5O4/c1-14-6-4-8-16(10-14)30-13-15-7-5-9-25(11-15)17(27)12-26-19-18(22-20(26)28)23(2)21(29)24(19)3/h4,6,8,10,15,18-19H,5,7,9,11-13H2,1-3H3,(H,22,28)/t15-,18-,19-/m1/s1. The van der Waals surface area contributed by atoms with Crippen molar-refractivity contribution < 1.29 is 19.1 Å². The highest BCUT2D eigenvalue weighted by Crippen LogP contribution is 2.27. The number of carbonyl (C=O) groups excluding carboxylic acids is 3. The second-order valence-electron chi connectivity index (χ2n) is 8.42. The molecule has 0 aliphatic carbocycles. The number of nitrogens with zero attached hydrogens (tertiary/aromatic N) is 4. The molecule has 3 aliphatic heterocycles. The van der Waals surface area contributed by atoms with Gasteiger partial charge < -0.3 is 24.8 Å². The molecular weight excluding hydrogens is 386 g/mol. The summed E-state index contributed by atoms with van der Waals surface area (Å²) in [6.45, 7) is 3.84. The molecule has 0 unspecified atom stereocenters. The van der Waals surface area contributed by atoms with E-state index in [9.17, 15) is 14.4 Å². The molecule has 3 saturated heterocycles. The van der Waals surface area contributed by atoms with E-state index in [0.29, 0.717) is 19.7 Å². The molecule has 0 radical (unpaired) electrons. The molecule has 3 heterocycles. The predicted octanol–water partition coefficient (Wildman–Crippen LogP) is 1.29. The van der Waals surface area contributed by atoms with E-state index in [1.165, 1.54) is 14.7 Å². The molecule has 0 spiro atoms. The highest BCUT2D eigenvalue weighted by atomic mass is 16.5. The molecule has 4 rings (SSSR count). The second-order valence-corrected chi connectivity index (χ2v) is 8.42. The van der Waals surface area contributed by atoms with Gasteiger partial charge in [0.2, 0.25) is 5.91 Å². The molecule has 3 atom stereocenters. The van der Waals surface area contributed by atoms with E-state index >= 15 is 0 Å². The summed E-state index contributed by atoms with van der Waals surface area (Å²) < 4.78 is 5.94. The van der Waals surface area contributed by atoms with Crippen LogP contribution in [0.1, 0.15) is 18.4 Å². The fourth-order valence-corrected chi connectivity index (χ4v) is 4.53. The molecule has 9 nitrogen and oxygen atoms in total. The Morgan fingerprint density at radius 2 is 2.03 bits per heavy atom. The number of fused-ring (bicyclic) bond motifs is 1. The van der Waals surface area contributed by atoms with E-state index in [2.05, 4.69) is 5.32 Å². The smallest absolute Gasteiger partial charge is 0.323 e. The number of piperidine rings is 1. The summed E-state index contributed by atoms with van der Waals surface area (Å²) in [5.74, 6) is 1.00. The quantitative estimate of drug-likeness (QED) is 0.785. The third kappa shape index (κ3) is 3.76. The molecule has 5 amide bonds. The molecule has 0 saturated carbocycles. The lowest BCUT2D eigenvalue weighted by molar-refractivity contribution is -0.134. The van der Waals surface area contributed by atoms with E-state index in [1.54, 1.807) is 14.1 Å². The lowest BCUT2D eigenvalue weighted by atomic mass is 9.99. The molecule has 3 aliphatic rings. The van der Waals surface area contributed by atoms with Crippen LogP contribution in [0.3, 0.4) is 0 Å². The lowest BCUT2D eigenvalue weighted by Gasteiger charge is -2.34. The molecule has 1 aromatic carbocycles. The van der Waals surface area contributed by atoms with Crippen LogP contribution in [0, 0.1) is 12.8 Å². The highest BCUT2D eigenvalue weighted by molar-refractivity contribution is 5.88. The average molecular weight is 415 g/mol.